The van der Waals surface area contributed by atoms with Crippen LogP contribution in [0.3, 0.4) is 0 Å². The lowest BCUT2D eigenvalue weighted by atomic mass is 10.1. The van der Waals surface area contributed by atoms with Crippen molar-refractivity contribution in [3.8, 4) is 33.9 Å². The molecule has 30 heavy (non-hydrogen) atoms. The second kappa shape index (κ2) is 6.31. The van der Waals surface area contributed by atoms with Crippen molar-refractivity contribution in [3.63, 3.8) is 0 Å². The number of hydrogen-bond acceptors (Lipinski definition) is 6. The number of nitrogens with one attached hydrogen (secondary N) is 2. The third-order valence-electron chi connectivity index (χ3n) is 4.93. The molecule has 0 bridgehead atoms. The number of nitrogens with zero attached hydrogens (tertiary/aromatic N) is 5. The molecule has 2 N–H and O–H groups in total. The SMILES string of the molecule is Fc1c(-c2cccnc2)ncc2[nH]nc(-c3nc4c(-c5ccoc5)cncc4[nH]3)c12. The van der Waals surface area contributed by atoms with Gasteiger partial charge in [0.1, 0.15) is 16.9 Å². The van der Waals surface area contributed by atoms with E-state index < -0.39 is 5.82 Å². The average Bonchev–Trinajstić information content (AvgIpc) is 3.53. The number of rotatable bonds is 3. The molecule has 6 aromatic heterocycles. The number of pyridine rings is 3. The van der Waals surface area contributed by atoms with Gasteiger partial charge in [-0.2, -0.15) is 5.10 Å². The molecule has 6 rings (SSSR count). The molecule has 0 unspecified atom stereocenters. The summed E-state index contributed by atoms with van der Waals surface area (Å²) in [6.45, 7) is 0. The van der Waals surface area contributed by atoms with Crippen LogP contribution in [-0.4, -0.2) is 35.1 Å². The zero-order chi connectivity index (χ0) is 20.1. The monoisotopic (exact) mass is 397 g/mol. The average molecular weight is 397 g/mol. The Balaban J connectivity index is 1.57. The molecule has 0 saturated heterocycles. The first kappa shape index (κ1) is 16.5. The summed E-state index contributed by atoms with van der Waals surface area (Å²) in [5.74, 6) is -0.0610. The number of halogens is 1. The summed E-state index contributed by atoms with van der Waals surface area (Å²) in [6.07, 6.45) is 11.4. The molecule has 0 aromatic carbocycles. The van der Waals surface area contributed by atoms with E-state index in [1.165, 1.54) is 0 Å². The van der Waals surface area contributed by atoms with Crippen molar-refractivity contribution < 1.29 is 8.81 Å². The van der Waals surface area contributed by atoms with Crippen LogP contribution < -0.4 is 0 Å². The highest BCUT2D eigenvalue weighted by Gasteiger charge is 2.21. The highest BCUT2D eigenvalue weighted by Crippen LogP contribution is 2.34. The van der Waals surface area contributed by atoms with Gasteiger partial charge in [-0.3, -0.25) is 20.1 Å². The number of aromatic nitrogens is 7. The Bertz CT molecular complexity index is 1500. The molecular formula is C21H12FN7O. The Kier molecular flexibility index (Phi) is 3.48. The largest absolute Gasteiger partial charge is 0.472 e. The van der Waals surface area contributed by atoms with Gasteiger partial charge in [0.25, 0.3) is 0 Å². The van der Waals surface area contributed by atoms with E-state index in [1.807, 2.05) is 6.07 Å². The minimum absolute atomic E-state index is 0.204. The molecule has 0 aliphatic rings. The molecule has 144 valence electrons. The van der Waals surface area contributed by atoms with Crippen LogP contribution in [0.25, 0.3) is 55.8 Å². The summed E-state index contributed by atoms with van der Waals surface area (Å²) >= 11 is 0. The van der Waals surface area contributed by atoms with Gasteiger partial charge in [0.2, 0.25) is 0 Å². The summed E-state index contributed by atoms with van der Waals surface area (Å²) in [5.41, 5.74) is 4.69. The maximum absolute atomic E-state index is 15.5. The van der Waals surface area contributed by atoms with E-state index in [4.69, 9.17) is 4.42 Å². The Hall–Kier alpha value is -4.40. The van der Waals surface area contributed by atoms with Gasteiger partial charge in [0, 0.05) is 35.3 Å². The second-order valence-corrected chi connectivity index (χ2v) is 6.70. The Morgan fingerprint density at radius 1 is 0.933 bits per heavy atom. The first-order chi connectivity index (χ1) is 14.8. The van der Waals surface area contributed by atoms with Crippen LogP contribution >= 0.6 is 0 Å². The maximum Gasteiger partial charge on any atom is 0.161 e. The Morgan fingerprint density at radius 2 is 1.90 bits per heavy atom. The molecular weight excluding hydrogens is 385 g/mol. The minimum Gasteiger partial charge on any atom is -0.472 e. The van der Waals surface area contributed by atoms with Gasteiger partial charge in [-0.05, 0) is 18.2 Å². The van der Waals surface area contributed by atoms with Gasteiger partial charge >= 0.3 is 0 Å². The summed E-state index contributed by atoms with van der Waals surface area (Å²) in [5, 5.41) is 7.44. The smallest absolute Gasteiger partial charge is 0.161 e. The lowest BCUT2D eigenvalue weighted by molar-refractivity contribution is 0.568. The number of H-pyrrole nitrogens is 2. The molecule has 0 spiro atoms. The molecule has 0 aliphatic carbocycles. The van der Waals surface area contributed by atoms with Crippen molar-refractivity contribution in [2.45, 2.75) is 0 Å². The third kappa shape index (κ3) is 2.42. The summed E-state index contributed by atoms with van der Waals surface area (Å²) in [7, 11) is 0. The van der Waals surface area contributed by atoms with Crippen LogP contribution in [0.1, 0.15) is 0 Å². The van der Waals surface area contributed by atoms with Gasteiger partial charge < -0.3 is 9.40 Å². The van der Waals surface area contributed by atoms with E-state index in [1.54, 1.807) is 55.6 Å². The van der Waals surface area contributed by atoms with Gasteiger partial charge in [0.15, 0.2) is 11.6 Å². The van der Waals surface area contributed by atoms with Crippen LogP contribution in [0.5, 0.6) is 0 Å². The topological polar surface area (TPSA) is 109 Å². The molecule has 6 aromatic rings. The molecule has 0 radical (unpaired) electrons. The predicted molar refractivity (Wildman–Crippen MR) is 108 cm³/mol. The molecule has 0 fully saturated rings. The first-order valence-corrected chi connectivity index (χ1v) is 9.09. The maximum atomic E-state index is 15.5. The molecule has 0 saturated carbocycles. The van der Waals surface area contributed by atoms with Crippen molar-refractivity contribution >= 4 is 21.9 Å². The number of furan rings is 1. The fourth-order valence-electron chi connectivity index (χ4n) is 3.52. The molecule has 6 heterocycles. The van der Waals surface area contributed by atoms with Crippen molar-refractivity contribution in [2.75, 3.05) is 0 Å². The lowest BCUT2D eigenvalue weighted by Crippen LogP contribution is -1.92. The number of imidazole rings is 1. The van der Waals surface area contributed by atoms with E-state index in [2.05, 4.69) is 35.1 Å². The predicted octanol–water partition coefficient (Wildman–Crippen LogP) is 4.36. The minimum atomic E-state index is -0.488. The first-order valence-electron chi connectivity index (χ1n) is 9.09. The molecule has 0 atom stereocenters. The second-order valence-electron chi connectivity index (χ2n) is 6.70. The fraction of sp³-hybridized carbons (Fsp3) is 0. The van der Waals surface area contributed by atoms with E-state index in [-0.39, 0.29) is 5.69 Å². The highest BCUT2D eigenvalue weighted by atomic mass is 19.1. The summed E-state index contributed by atoms with van der Waals surface area (Å²) < 4.78 is 20.7. The van der Waals surface area contributed by atoms with Crippen molar-refractivity contribution in [3.05, 3.63) is 67.5 Å². The van der Waals surface area contributed by atoms with Gasteiger partial charge in [-0.1, -0.05) is 0 Å². The Morgan fingerprint density at radius 3 is 2.73 bits per heavy atom. The van der Waals surface area contributed by atoms with Crippen LogP contribution in [0, 0.1) is 5.82 Å². The van der Waals surface area contributed by atoms with Gasteiger partial charge in [0.05, 0.1) is 41.3 Å². The fourth-order valence-corrected chi connectivity index (χ4v) is 3.52. The third-order valence-corrected chi connectivity index (χ3v) is 4.93. The number of hydrogen-bond donors (Lipinski definition) is 2. The van der Waals surface area contributed by atoms with Crippen LogP contribution in [0.4, 0.5) is 4.39 Å². The summed E-state index contributed by atoms with van der Waals surface area (Å²) in [4.78, 5) is 20.4. The molecule has 9 heteroatoms. The van der Waals surface area contributed by atoms with E-state index >= 15 is 4.39 Å². The van der Waals surface area contributed by atoms with Gasteiger partial charge in [-0.15, -0.1) is 0 Å². The zero-order valence-electron chi connectivity index (χ0n) is 15.3. The van der Waals surface area contributed by atoms with E-state index in [9.17, 15) is 0 Å². The van der Waals surface area contributed by atoms with Crippen LogP contribution in [0.15, 0.2) is 66.1 Å². The number of fused-ring (bicyclic) bond motifs is 2. The normalized spacial score (nSPS) is 11.5. The highest BCUT2D eigenvalue weighted by molar-refractivity contribution is 5.97. The van der Waals surface area contributed by atoms with E-state index in [0.717, 1.165) is 11.1 Å². The van der Waals surface area contributed by atoms with Gasteiger partial charge in [-0.25, -0.2) is 9.37 Å². The van der Waals surface area contributed by atoms with Crippen LogP contribution in [-0.2, 0) is 0 Å². The molecule has 8 nitrogen and oxygen atoms in total. The molecule has 0 aliphatic heterocycles. The number of aromatic amines is 2. The Labute approximate surface area is 167 Å². The van der Waals surface area contributed by atoms with Crippen molar-refractivity contribution in [1.29, 1.82) is 0 Å². The standard InChI is InChI=1S/C21H12FN7O/c22-17-16-14(9-25-18(17)11-2-1-4-23-6-11)28-29-20(16)21-26-15-8-24-7-13(19(15)27-21)12-3-5-30-10-12/h1-10H,(H,26,27)(H,28,29). The molecule has 0 amide bonds. The summed E-state index contributed by atoms with van der Waals surface area (Å²) in [6, 6.07) is 5.33. The quantitative estimate of drug-likeness (QED) is 0.459. The lowest BCUT2D eigenvalue weighted by Gasteiger charge is -2.03. The zero-order valence-corrected chi connectivity index (χ0v) is 15.3. The van der Waals surface area contributed by atoms with Crippen LogP contribution in [0.2, 0.25) is 0 Å². The van der Waals surface area contributed by atoms with Crippen molar-refractivity contribution in [2.24, 2.45) is 0 Å². The van der Waals surface area contributed by atoms with E-state index in [0.29, 0.717) is 39.0 Å². The van der Waals surface area contributed by atoms with Crippen molar-refractivity contribution in [1.82, 2.24) is 35.1 Å².